The molecule has 0 bridgehead atoms. The van der Waals surface area contributed by atoms with Gasteiger partial charge in [0.2, 0.25) is 5.89 Å². The molecule has 3 aromatic rings. The summed E-state index contributed by atoms with van der Waals surface area (Å²) in [5, 5.41) is 9.58. The number of benzene rings is 1. The summed E-state index contributed by atoms with van der Waals surface area (Å²) in [6.45, 7) is 3.73. The lowest BCUT2D eigenvalue weighted by molar-refractivity contribution is -0.137. The van der Waals surface area contributed by atoms with Crippen molar-refractivity contribution in [2.45, 2.75) is 33.2 Å². The summed E-state index contributed by atoms with van der Waals surface area (Å²) in [6, 6.07) is 4.46. The molecule has 0 atom stereocenters. The number of rotatable bonds is 6. The highest BCUT2D eigenvalue weighted by atomic mass is 19.4. The van der Waals surface area contributed by atoms with E-state index < -0.39 is 17.6 Å². The zero-order chi connectivity index (χ0) is 20.3. The van der Waals surface area contributed by atoms with Crippen LogP contribution >= 0.6 is 0 Å². The monoisotopic (exact) mass is 394 g/mol. The Bertz CT molecular complexity index is 959. The Kier molecular flexibility index (Phi) is 5.39. The SMILES string of the molecule is Cc1n[nH]c(C)c1CNC(=O)c1coc(COc2cccc(C(F)(F)F)c2)n1. The molecular weight excluding hydrogens is 377 g/mol. The smallest absolute Gasteiger partial charge is 0.416 e. The van der Waals surface area contributed by atoms with Crippen molar-refractivity contribution in [1.29, 1.82) is 0 Å². The van der Waals surface area contributed by atoms with Crippen LogP contribution in [0.5, 0.6) is 5.75 Å². The van der Waals surface area contributed by atoms with Crippen molar-refractivity contribution in [3.63, 3.8) is 0 Å². The maximum Gasteiger partial charge on any atom is 0.416 e. The molecule has 0 spiro atoms. The number of oxazole rings is 1. The minimum absolute atomic E-state index is 0.0185. The summed E-state index contributed by atoms with van der Waals surface area (Å²) in [5.74, 6) is -0.364. The van der Waals surface area contributed by atoms with Gasteiger partial charge in [0.1, 0.15) is 12.0 Å². The van der Waals surface area contributed by atoms with E-state index in [1.807, 2.05) is 13.8 Å². The van der Waals surface area contributed by atoms with Gasteiger partial charge in [0, 0.05) is 17.8 Å². The predicted octanol–water partition coefficient (Wildman–Crippen LogP) is 3.54. The van der Waals surface area contributed by atoms with Crippen LogP contribution in [0.1, 0.15) is 38.9 Å². The molecule has 0 aliphatic heterocycles. The first-order chi connectivity index (χ1) is 13.2. The summed E-state index contributed by atoms with van der Waals surface area (Å²) in [6.07, 6.45) is -3.30. The third kappa shape index (κ3) is 4.51. The van der Waals surface area contributed by atoms with Gasteiger partial charge in [-0.05, 0) is 32.0 Å². The lowest BCUT2D eigenvalue weighted by atomic mass is 10.2. The molecular formula is C18H17F3N4O3. The number of amides is 1. The lowest BCUT2D eigenvalue weighted by Gasteiger charge is -2.09. The van der Waals surface area contributed by atoms with E-state index in [1.165, 1.54) is 12.1 Å². The number of nitrogens with one attached hydrogen (secondary N) is 2. The predicted molar refractivity (Wildman–Crippen MR) is 91.5 cm³/mol. The molecule has 10 heteroatoms. The van der Waals surface area contributed by atoms with Crippen LogP contribution in [0.4, 0.5) is 13.2 Å². The number of ether oxygens (including phenoxy) is 1. The number of carbonyl (C=O) groups is 1. The molecule has 2 N–H and O–H groups in total. The fourth-order valence-electron chi connectivity index (χ4n) is 2.48. The minimum atomic E-state index is -4.46. The van der Waals surface area contributed by atoms with Crippen molar-refractivity contribution in [1.82, 2.24) is 20.5 Å². The second-order valence-corrected chi connectivity index (χ2v) is 6.04. The van der Waals surface area contributed by atoms with Gasteiger partial charge in [-0.2, -0.15) is 18.3 Å². The van der Waals surface area contributed by atoms with E-state index in [0.29, 0.717) is 0 Å². The molecule has 3 rings (SSSR count). The van der Waals surface area contributed by atoms with Crippen LogP contribution in [0.15, 0.2) is 34.9 Å². The zero-order valence-corrected chi connectivity index (χ0v) is 15.1. The molecule has 28 heavy (non-hydrogen) atoms. The number of hydrogen-bond acceptors (Lipinski definition) is 5. The van der Waals surface area contributed by atoms with Gasteiger partial charge in [-0.25, -0.2) is 4.98 Å². The number of carbonyl (C=O) groups excluding carboxylic acids is 1. The Hall–Kier alpha value is -3.30. The number of aryl methyl sites for hydroxylation is 2. The number of halogens is 3. The lowest BCUT2D eigenvalue weighted by Crippen LogP contribution is -2.23. The average molecular weight is 394 g/mol. The molecule has 0 aliphatic carbocycles. The Labute approximate surface area is 157 Å². The summed E-state index contributed by atoms with van der Waals surface area (Å²) < 4.78 is 48.6. The molecule has 2 aromatic heterocycles. The van der Waals surface area contributed by atoms with Gasteiger partial charge in [0.05, 0.1) is 11.3 Å². The van der Waals surface area contributed by atoms with Crippen LogP contribution in [0.25, 0.3) is 0 Å². The number of aromatic nitrogens is 3. The highest BCUT2D eigenvalue weighted by Gasteiger charge is 2.30. The number of alkyl halides is 3. The van der Waals surface area contributed by atoms with Gasteiger partial charge in [0.15, 0.2) is 12.3 Å². The van der Waals surface area contributed by atoms with E-state index >= 15 is 0 Å². The molecule has 1 amide bonds. The highest BCUT2D eigenvalue weighted by Crippen LogP contribution is 2.31. The maximum absolute atomic E-state index is 12.7. The molecule has 148 valence electrons. The molecule has 0 aliphatic rings. The Morgan fingerprint density at radius 2 is 2.11 bits per heavy atom. The van der Waals surface area contributed by atoms with Crippen molar-refractivity contribution >= 4 is 5.91 Å². The summed E-state index contributed by atoms with van der Waals surface area (Å²) >= 11 is 0. The van der Waals surface area contributed by atoms with Gasteiger partial charge in [0.25, 0.3) is 5.91 Å². The summed E-state index contributed by atoms with van der Waals surface area (Å²) in [4.78, 5) is 16.2. The molecule has 0 radical (unpaired) electrons. The quantitative estimate of drug-likeness (QED) is 0.667. The van der Waals surface area contributed by atoms with E-state index in [2.05, 4.69) is 20.5 Å². The van der Waals surface area contributed by atoms with E-state index in [0.717, 1.165) is 35.3 Å². The van der Waals surface area contributed by atoms with Crippen LogP contribution in [0.2, 0.25) is 0 Å². The van der Waals surface area contributed by atoms with Crippen molar-refractivity contribution in [3.8, 4) is 5.75 Å². The fourth-order valence-corrected chi connectivity index (χ4v) is 2.48. The molecule has 0 saturated heterocycles. The summed E-state index contributed by atoms with van der Waals surface area (Å²) in [5.41, 5.74) is 1.75. The summed E-state index contributed by atoms with van der Waals surface area (Å²) in [7, 11) is 0. The Balaban J connectivity index is 1.57. The first-order valence-corrected chi connectivity index (χ1v) is 8.27. The second-order valence-electron chi connectivity index (χ2n) is 6.04. The largest absolute Gasteiger partial charge is 0.484 e. The molecule has 2 heterocycles. The van der Waals surface area contributed by atoms with Crippen molar-refractivity contribution < 1.29 is 27.1 Å². The molecule has 1 aromatic carbocycles. The van der Waals surface area contributed by atoms with Gasteiger partial charge in [-0.15, -0.1) is 0 Å². The van der Waals surface area contributed by atoms with Crippen LogP contribution < -0.4 is 10.1 Å². The van der Waals surface area contributed by atoms with Gasteiger partial charge in [-0.1, -0.05) is 6.07 Å². The van der Waals surface area contributed by atoms with Crippen LogP contribution in [-0.2, 0) is 19.3 Å². The molecule has 0 unspecified atom stereocenters. The number of hydrogen-bond donors (Lipinski definition) is 2. The average Bonchev–Trinajstić information content (AvgIpc) is 3.25. The highest BCUT2D eigenvalue weighted by molar-refractivity contribution is 5.91. The topological polar surface area (TPSA) is 93.0 Å². The molecule has 0 fully saturated rings. The number of aromatic amines is 1. The van der Waals surface area contributed by atoms with Crippen LogP contribution in [-0.4, -0.2) is 21.1 Å². The molecule has 0 saturated carbocycles. The van der Waals surface area contributed by atoms with E-state index in [1.54, 1.807) is 0 Å². The number of H-pyrrole nitrogens is 1. The fraction of sp³-hybridized carbons (Fsp3) is 0.278. The standard InChI is InChI=1S/C18H17F3N4O3/c1-10-14(11(2)25-24-10)7-22-17(26)15-8-28-16(23-15)9-27-13-5-3-4-12(6-13)18(19,20)21/h3-6,8H,7,9H2,1-2H3,(H,22,26)(H,24,25). The normalized spacial score (nSPS) is 11.5. The maximum atomic E-state index is 12.7. The van der Waals surface area contributed by atoms with Crippen LogP contribution in [0, 0.1) is 13.8 Å². The first kappa shape index (κ1) is 19.5. The molecule has 7 nitrogen and oxygen atoms in total. The van der Waals surface area contributed by atoms with Crippen molar-refractivity contribution in [2.24, 2.45) is 0 Å². The Morgan fingerprint density at radius 1 is 1.32 bits per heavy atom. The third-order valence-electron chi connectivity index (χ3n) is 4.01. The van der Waals surface area contributed by atoms with Crippen molar-refractivity contribution in [3.05, 3.63) is 64.6 Å². The second kappa shape index (κ2) is 7.75. The minimum Gasteiger partial charge on any atom is -0.484 e. The van der Waals surface area contributed by atoms with Gasteiger partial charge in [-0.3, -0.25) is 9.89 Å². The van der Waals surface area contributed by atoms with E-state index in [4.69, 9.17) is 9.15 Å². The zero-order valence-electron chi connectivity index (χ0n) is 15.1. The first-order valence-electron chi connectivity index (χ1n) is 8.27. The van der Waals surface area contributed by atoms with Crippen molar-refractivity contribution in [2.75, 3.05) is 0 Å². The van der Waals surface area contributed by atoms with Crippen LogP contribution in [0.3, 0.4) is 0 Å². The van der Waals surface area contributed by atoms with Gasteiger partial charge < -0.3 is 14.5 Å². The third-order valence-corrected chi connectivity index (χ3v) is 4.01. The number of nitrogens with zero attached hydrogens (tertiary/aromatic N) is 2. The Morgan fingerprint density at radius 3 is 2.79 bits per heavy atom. The van der Waals surface area contributed by atoms with E-state index in [-0.39, 0.29) is 30.5 Å². The van der Waals surface area contributed by atoms with E-state index in [9.17, 15) is 18.0 Å². The van der Waals surface area contributed by atoms with Gasteiger partial charge >= 0.3 is 6.18 Å².